The largest absolute Gasteiger partial charge is 0.496 e. The summed E-state index contributed by atoms with van der Waals surface area (Å²) in [6, 6.07) is 95.3. The molecule has 0 saturated heterocycles. The average molecular weight is 1570 g/mol. The van der Waals surface area contributed by atoms with Gasteiger partial charge in [-0.05, 0) is 106 Å². The summed E-state index contributed by atoms with van der Waals surface area (Å²) in [5.41, 5.74) is 18.2. The van der Waals surface area contributed by atoms with Crippen LogP contribution >= 0.6 is 0 Å². The third kappa shape index (κ3) is 13.1. The first-order valence-corrected chi connectivity index (χ1v) is 35.2. The number of hydrogen-bond donors (Lipinski definition) is 0. The summed E-state index contributed by atoms with van der Waals surface area (Å²) in [6.07, 6.45) is 19.8. The molecule has 17 aromatic rings. The molecule has 11 nitrogen and oxygen atoms in total. The van der Waals surface area contributed by atoms with Crippen LogP contribution in [-0.4, -0.2) is 30.2 Å². The summed E-state index contributed by atoms with van der Waals surface area (Å²) in [6.45, 7) is 1.91. The molecule has 0 aliphatic carbocycles. The minimum Gasteiger partial charge on any atom is -0.496 e. The van der Waals surface area contributed by atoms with E-state index >= 15 is 0 Å². The van der Waals surface area contributed by atoms with Crippen molar-refractivity contribution in [3.63, 3.8) is 0 Å². The normalized spacial score (nSPS) is 14.5. The van der Waals surface area contributed by atoms with E-state index in [9.17, 15) is 4.79 Å². The summed E-state index contributed by atoms with van der Waals surface area (Å²) in [5.74, 6) is 2.55. The Morgan fingerprint density at radius 3 is 1.94 bits per heavy atom. The van der Waals surface area contributed by atoms with E-state index in [-0.39, 0.29) is 74.3 Å². The molecule has 11 aromatic carbocycles. The van der Waals surface area contributed by atoms with E-state index in [1.165, 1.54) is 99.4 Å². The number of para-hydroxylation sites is 4. The quantitative estimate of drug-likeness (QED) is 0.0992. The van der Waals surface area contributed by atoms with Crippen LogP contribution in [0.5, 0.6) is 0 Å². The number of aromatic nitrogens is 7. The molecule has 6 aliphatic rings. The van der Waals surface area contributed by atoms with Gasteiger partial charge in [0.25, 0.3) is 17.3 Å². The Hall–Kier alpha value is -13.3. The molecule has 1 radical (unpaired) electrons. The smallest absolute Gasteiger partial charge is 0.295 e. The molecule has 0 saturated carbocycles. The molecule has 0 bridgehead atoms. The number of benzene rings is 11. The second-order valence-electron chi connectivity index (χ2n) is 25.9. The second kappa shape index (κ2) is 29.8. The summed E-state index contributed by atoms with van der Waals surface area (Å²) >= 11 is 0. The van der Waals surface area contributed by atoms with E-state index in [1.807, 2.05) is 66.7 Å². The summed E-state index contributed by atoms with van der Waals surface area (Å²) in [5, 5.41) is 5.89. The van der Waals surface area contributed by atoms with E-state index in [0.29, 0.717) is 28.6 Å². The maximum atomic E-state index is 11.8. The Kier molecular flexibility index (Phi) is 16.2. The van der Waals surface area contributed by atoms with Gasteiger partial charge in [-0.3, -0.25) is 9.78 Å². The zero-order valence-electron chi connectivity index (χ0n) is 65.7. The molecule has 6 aliphatic heterocycles. The van der Waals surface area contributed by atoms with Gasteiger partial charge in [0.2, 0.25) is 5.69 Å². The van der Waals surface area contributed by atoms with E-state index in [1.54, 1.807) is 30.6 Å². The first-order valence-electron chi connectivity index (χ1n) is 39.2. The minimum absolute atomic E-state index is 0. The van der Waals surface area contributed by atoms with Crippen molar-refractivity contribution in [3.8, 4) is 67.9 Å². The van der Waals surface area contributed by atoms with Crippen LogP contribution in [0.2, 0.25) is 0 Å². The van der Waals surface area contributed by atoms with E-state index in [0.717, 1.165) is 36.2 Å². The SMILES string of the molecule is C1=CC2=CN3c4ccccc4CC3N2C=C1.O=c1oc2ccccc2[c-]c1-c1ccccn1.[2H]c1c([2H])c([2H])c2c(c1[2H])C[n+]1c([2H])c([2H])c([2H])c([2H])c1-2.[Ir].[c-]1ccccc1-c1ccccn1.c1ccc2c(c1)C[n+]1c-2n(-c2cccc3ccccc23)c2ccccc21.c1ccc2c(c1)C[n+]1ccn(-c3cccc4ccccc34)c1-2. The Bertz CT molecular complexity index is 6700. The van der Waals surface area contributed by atoms with Crippen LogP contribution in [0.1, 0.15) is 33.2 Å². The van der Waals surface area contributed by atoms with Crippen molar-refractivity contribution in [1.82, 2.24) is 24.0 Å². The maximum Gasteiger partial charge on any atom is 0.295 e. The number of anilines is 1. The topological polar surface area (TPSA) is 84.0 Å². The van der Waals surface area contributed by atoms with Gasteiger partial charge < -0.3 is 19.2 Å². The van der Waals surface area contributed by atoms with Crippen LogP contribution in [-0.2, 0) is 46.2 Å². The van der Waals surface area contributed by atoms with Crippen molar-refractivity contribution in [2.75, 3.05) is 4.90 Å². The maximum absolute atomic E-state index is 11.8. The van der Waals surface area contributed by atoms with Gasteiger partial charge >= 0.3 is 0 Å². The zero-order chi connectivity index (χ0) is 77.7. The third-order valence-electron chi connectivity index (χ3n) is 19.7. The van der Waals surface area contributed by atoms with E-state index in [2.05, 4.69) is 275 Å². The predicted octanol–water partition coefficient (Wildman–Crippen LogP) is 18.9. The number of allylic oxidation sites excluding steroid dienone is 3. The summed E-state index contributed by atoms with van der Waals surface area (Å²) < 4.78 is 78.6. The number of rotatable bonds is 4. The number of fused-ring (bicyclic) bond motifs is 19. The summed E-state index contributed by atoms with van der Waals surface area (Å²) in [7, 11) is 0. The Balaban J connectivity index is 0.000000101. The molecule has 1 unspecified atom stereocenters. The fourth-order valence-corrected chi connectivity index (χ4v) is 14.8. The molecule has 23 rings (SSSR count). The third-order valence-corrected chi connectivity index (χ3v) is 19.7. The second-order valence-corrected chi connectivity index (χ2v) is 25.9. The van der Waals surface area contributed by atoms with Gasteiger partial charge in [-0.15, -0.1) is 48.0 Å². The van der Waals surface area contributed by atoms with Crippen LogP contribution < -0.4 is 24.2 Å². The zero-order valence-corrected chi connectivity index (χ0v) is 60.1. The molecule has 515 valence electrons. The Labute approximate surface area is 645 Å². The van der Waals surface area contributed by atoms with E-state index in [4.69, 9.17) is 15.4 Å². The van der Waals surface area contributed by atoms with Crippen molar-refractivity contribution in [2.45, 2.75) is 32.2 Å². The predicted molar refractivity (Wildman–Crippen MR) is 422 cm³/mol. The number of hydrogen-bond acceptors (Lipinski definition) is 6. The first-order chi connectivity index (χ1) is 55.8. The molecule has 0 N–H and O–H groups in total. The number of pyridine rings is 3. The van der Waals surface area contributed by atoms with Gasteiger partial charge in [-0.2, -0.15) is 13.7 Å². The average Bonchev–Trinajstić information content (AvgIpc) is 1.44. The molecule has 0 spiro atoms. The van der Waals surface area contributed by atoms with Gasteiger partial charge in [0, 0.05) is 102 Å². The monoisotopic (exact) mass is 1570 g/mol. The van der Waals surface area contributed by atoms with Crippen LogP contribution in [0, 0.1) is 12.1 Å². The number of imidazole rings is 2. The van der Waals surface area contributed by atoms with E-state index < -0.39 is 17.7 Å². The van der Waals surface area contributed by atoms with Crippen molar-refractivity contribution in [3.05, 3.63) is 421 Å². The summed E-state index contributed by atoms with van der Waals surface area (Å²) in [4.78, 5) is 24.9. The Morgan fingerprint density at radius 1 is 0.514 bits per heavy atom. The molecule has 1 atom stereocenters. The fraction of sp³-hybridized carbons (Fsp3) is 0.0526. The molecule has 12 heteroatoms. The van der Waals surface area contributed by atoms with Crippen molar-refractivity contribution >= 4 is 49.2 Å². The van der Waals surface area contributed by atoms with Gasteiger partial charge in [-0.25, -0.2) is 9.13 Å². The standard InChI is InChI=1S/C24H17N2.C20H15N2.C14H12N2.C14H8NO2.C12H10N.C11H8N.Ir/c1-3-11-19-17(8-1)10-7-15-21(19)26-23-14-6-5-13-22(23)25-16-18-9-2-4-12-20(18)24(25)26;1-3-9-17-15(6-1)8-5-11-19(17)22-13-12-21-14-16-7-2-4-10-18(16)20(21)22;1-2-7-13-11(5-1)9-14-15-8-4-3-6-12(15)10-16(13)14;16-14-11(12-6-3-4-8-15-12)9-10-5-1-2-7-13(10)17-14;1-2-6-11-10(5-1)9-13-8-4-3-7-12(11)13;1-2-6-10(7-3-1)11-8-4-5-9-12-11;/h1-15H,16H2;1-13H,14H2;1-8,10,14H,9H2;1-8H;1-8H,9H2;1-6,8-9H;/q2*+1;;-1;+1;-1;/i;;;;1D,2D,3D,4D,5D,6D,7D,8D;;. The van der Waals surface area contributed by atoms with Gasteiger partial charge in [-0.1, -0.05) is 212 Å². The van der Waals surface area contributed by atoms with Gasteiger partial charge in [0.15, 0.2) is 23.8 Å². The molecule has 0 amide bonds. The van der Waals surface area contributed by atoms with Crippen LogP contribution in [0.25, 0.3) is 111 Å². The first kappa shape index (κ1) is 58.2. The molecule has 107 heavy (non-hydrogen) atoms. The Morgan fingerprint density at radius 2 is 1.15 bits per heavy atom. The van der Waals surface area contributed by atoms with Crippen molar-refractivity contribution in [2.24, 2.45) is 0 Å². The van der Waals surface area contributed by atoms with Crippen LogP contribution in [0.3, 0.4) is 0 Å². The molecule has 12 heterocycles. The molecular weight excluding hydrogens is 1490 g/mol. The van der Waals surface area contributed by atoms with Crippen LogP contribution in [0.15, 0.2) is 386 Å². The van der Waals surface area contributed by atoms with Gasteiger partial charge in [0.1, 0.15) is 44.4 Å². The van der Waals surface area contributed by atoms with Crippen LogP contribution in [0.4, 0.5) is 5.69 Å². The number of nitrogens with zero attached hydrogens (tertiary/aromatic N) is 9. The van der Waals surface area contributed by atoms with Crippen molar-refractivity contribution in [1.29, 1.82) is 0 Å². The minimum atomic E-state index is -0.414. The fourth-order valence-electron chi connectivity index (χ4n) is 14.8. The molecular formula is C95H70IrN9O2+. The molecule has 6 aromatic heterocycles. The van der Waals surface area contributed by atoms with Gasteiger partial charge in [0.05, 0.1) is 37.6 Å². The molecule has 0 fully saturated rings. The van der Waals surface area contributed by atoms with Crippen molar-refractivity contribution < 1.29 is 49.2 Å².